The van der Waals surface area contributed by atoms with E-state index < -0.39 is 0 Å². The molecule has 1 atom stereocenters. The SMILES string of the molecule is CCOC(=O)C1CNCCN1c1nc2ccccc2n1C. The van der Waals surface area contributed by atoms with E-state index >= 15 is 0 Å². The Morgan fingerprint density at radius 3 is 3.05 bits per heavy atom. The molecule has 0 amide bonds. The lowest BCUT2D eigenvalue weighted by atomic mass is 10.2. The van der Waals surface area contributed by atoms with Gasteiger partial charge in [-0.15, -0.1) is 0 Å². The Balaban J connectivity index is 1.98. The number of aryl methyl sites for hydroxylation is 1. The molecule has 1 aliphatic heterocycles. The van der Waals surface area contributed by atoms with Crippen LogP contribution in [0.1, 0.15) is 6.92 Å². The minimum absolute atomic E-state index is 0.197. The highest BCUT2D eigenvalue weighted by atomic mass is 16.5. The number of esters is 1. The Morgan fingerprint density at radius 1 is 1.48 bits per heavy atom. The Labute approximate surface area is 123 Å². The molecule has 1 aromatic heterocycles. The monoisotopic (exact) mass is 288 g/mol. The van der Waals surface area contributed by atoms with Crippen LogP contribution >= 0.6 is 0 Å². The summed E-state index contributed by atoms with van der Waals surface area (Å²) in [5.74, 6) is 0.618. The quantitative estimate of drug-likeness (QED) is 0.851. The van der Waals surface area contributed by atoms with Gasteiger partial charge in [0.2, 0.25) is 5.95 Å². The molecular formula is C15H20N4O2. The molecule has 21 heavy (non-hydrogen) atoms. The maximum Gasteiger partial charge on any atom is 0.330 e. The number of nitrogens with zero attached hydrogens (tertiary/aromatic N) is 3. The molecule has 1 N–H and O–H groups in total. The van der Waals surface area contributed by atoms with Gasteiger partial charge in [-0.2, -0.15) is 0 Å². The predicted molar refractivity (Wildman–Crippen MR) is 81.4 cm³/mol. The smallest absolute Gasteiger partial charge is 0.330 e. The number of nitrogens with one attached hydrogen (secondary N) is 1. The minimum atomic E-state index is -0.325. The van der Waals surface area contributed by atoms with E-state index in [1.807, 2.05) is 47.7 Å². The summed E-state index contributed by atoms with van der Waals surface area (Å²) in [6, 6.07) is 7.66. The van der Waals surface area contributed by atoms with Gasteiger partial charge in [0.1, 0.15) is 6.04 Å². The van der Waals surface area contributed by atoms with E-state index in [1.54, 1.807) is 0 Å². The molecule has 3 rings (SSSR count). The van der Waals surface area contributed by atoms with Gasteiger partial charge < -0.3 is 19.5 Å². The third-order valence-corrected chi connectivity index (χ3v) is 3.82. The van der Waals surface area contributed by atoms with Crippen LogP contribution in [0.4, 0.5) is 5.95 Å². The maximum absolute atomic E-state index is 12.2. The van der Waals surface area contributed by atoms with Crippen molar-refractivity contribution in [3.63, 3.8) is 0 Å². The maximum atomic E-state index is 12.2. The number of hydrogen-bond acceptors (Lipinski definition) is 5. The summed E-state index contributed by atoms with van der Waals surface area (Å²) in [6.45, 7) is 4.38. The van der Waals surface area contributed by atoms with Crippen LogP contribution in [0.15, 0.2) is 24.3 Å². The van der Waals surface area contributed by atoms with Crippen LogP contribution in [0.25, 0.3) is 11.0 Å². The summed E-state index contributed by atoms with van der Waals surface area (Å²) in [7, 11) is 1.98. The van der Waals surface area contributed by atoms with Crippen molar-refractivity contribution in [1.29, 1.82) is 0 Å². The van der Waals surface area contributed by atoms with E-state index in [4.69, 9.17) is 4.74 Å². The van der Waals surface area contributed by atoms with Crippen LogP contribution in [0, 0.1) is 0 Å². The van der Waals surface area contributed by atoms with Crippen molar-refractivity contribution in [2.45, 2.75) is 13.0 Å². The van der Waals surface area contributed by atoms with Gasteiger partial charge in [-0.1, -0.05) is 12.1 Å². The van der Waals surface area contributed by atoms with Gasteiger partial charge in [0.05, 0.1) is 17.6 Å². The number of hydrogen-bond donors (Lipinski definition) is 1. The van der Waals surface area contributed by atoms with Crippen molar-refractivity contribution in [1.82, 2.24) is 14.9 Å². The summed E-state index contributed by atoms with van der Waals surface area (Å²) >= 11 is 0. The molecule has 1 aliphatic rings. The number of carbonyl (C=O) groups excluding carboxylic acids is 1. The summed E-state index contributed by atoms with van der Waals surface area (Å²) in [5, 5.41) is 3.25. The number of carbonyl (C=O) groups is 1. The van der Waals surface area contributed by atoms with E-state index in [1.165, 1.54) is 0 Å². The van der Waals surface area contributed by atoms with Crippen LogP contribution in [-0.2, 0) is 16.6 Å². The molecule has 2 heterocycles. The summed E-state index contributed by atoms with van der Waals surface area (Å²) in [4.78, 5) is 18.9. The lowest BCUT2D eigenvalue weighted by Gasteiger charge is -2.35. The van der Waals surface area contributed by atoms with E-state index in [2.05, 4.69) is 10.3 Å². The van der Waals surface area contributed by atoms with Crippen molar-refractivity contribution in [3.05, 3.63) is 24.3 Å². The molecule has 0 saturated carbocycles. The van der Waals surface area contributed by atoms with Gasteiger partial charge in [0, 0.05) is 26.7 Å². The summed E-state index contributed by atoms with van der Waals surface area (Å²) in [6.07, 6.45) is 0. The normalized spacial score (nSPS) is 19.0. The zero-order valence-electron chi connectivity index (χ0n) is 12.4. The first-order valence-electron chi connectivity index (χ1n) is 7.28. The molecule has 6 nitrogen and oxygen atoms in total. The van der Waals surface area contributed by atoms with Gasteiger partial charge in [0.25, 0.3) is 0 Å². The third-order valence-electron chi connectivity index (χ3n) is 3.82. The molecule has 1 saturated heterocycles. The summed E-state index contributed by atoms with van der Waals surface area (Å²) < 4.78 is 7.22. The fourth-order valence-corrected chi connectivity index (χ4v) is 2.78. The molecule has 1 unspecified atom stereocenters. The zero-order chi connectivity index (χ0) is 14.8. The van der Waals surface area contributed by atoms with Gasteiger partial charge in [0.15, 0.2) is 0 Å². The first kappa shape index (κ1) is 13.9. The Hall–Kier alpha value is -2.08. The molecule has 2 aromatic rings. The van der Waals surface area contributed by atoms with Crippen LogP contribution in [-0.4, -0.2) is 47.8 Å². The summed E-state index contributed by atoms with van der Waals surface area (Å²) in [5.41, 5.74) is 2.00. The number of para-hydroxylation sites is 2. The Bertz CT molecular complexity index is 652. The number of benzene rings is 1. The molecule has 112 valence electrons. The van der Waals surface area contributed by atoms with Gasteiger partial charge in [-0.05, 0) is 19.1 Å². The fraction of sp³-hybridized carbons (Fsp3) is 0.467. The van der Waals surface area contributed by atoms with Crippen LogP contribution in [0.5, 0.6) is 0 Å². The highest BCUT2D eigenvalue weighted by molar-refractivity contribution is 5.83. The molecule has 1 fully saturated rings. The lowest BCUT2D eigenvalue weighted by Crippen LogP contribution is -2.56. The van der Waals surface area contributed by atoms with Crippen LogP contribution in [0.2, 0.25) is 0 Å². The minimum Gasteiger partial charge on any atom is -0.464 e. The number of rotatable bonds is 3. The average molecular weight is 288 g/mol. The number of aromatic nitrogens is 2. The van der Waals surface area contributed by atoms with Crippen LogP contribution in [0.3, 0.4) is 0 Å². The molecule has 0 aliphatic carbocycles. The topological polar surface area (TPSA) is 59.4 Å². The van der Waals surface area contributed by atoms with Crippen LogP contribution < -0.4 is 10.2 Å². The van der Waals surface area contributed by atoms with E-state index in [-0.39, 0.29) is 12.0 Å². The Morgan fingerprint density at radius 2 is 2.29 bits per heavy atom. The number of piperazine rings is 1. The van der Waals surface area contributed by atoms with E-state index in [0.717, 1.165) is 30.1 Å². The second-order valence-electron chi connectivity index (χ2n) is 5.12. The van der Waals surface area contributed by atoms with Gasteiger partial charge in [-0.25, -0.2) is 9.78 Å². The van der Waals surface area contributed by atoms with Crippen molar-refractivity contribution < 1.29 is 9.53 Å². The van der Waals surface area contributed by atoms with Crippen molar-refractivity contribution in [3.8, 4) is 0 Å². The second kappa shape index (κ2) is 5.73. The lowest BCUT2D eigenvalue weighted by molar-refractivity contribution is -0.144. The van der Waals surface area contributed by atoms with Crippen molar-refractivity contribution >= 4 is 23.0 Å². The van der Waals surface area contributed by atoms with Crippen molar-refractivity contribution in [2.24, 2.45) is 7.05 Å². The van der Waals surface area contributed by atoms with E-state index in [9.17, 15) is 4.79 Å². The van der Waals surface area contributed by atoms with Crippen molar-refractivity contribution in [2.75, 3.05) is 31.1 Å². The number of imidazole rings is 1. The first-order valence-corrected chi connectivity index (χ1v) is 7.28. The Kier molecular flexibility index (Phi) is 3.79. The second-order valence-corrected chi connectivity index (χ2v) is 5.12. The third kappa shape index (κ3) is 2.47. The number of fused-ring (bicyclic) bond motifs is 1. The zero-order valence-corrected chi connectivity index (χ0v) is 12.4. The predicted octanol–water partition coefficient (Wildman–Crippen LogP) is 0.915. The highest BCUT2D eigenvalue weighted by Gasteiger charge is 2.32. The molecule has 1 aromatic carbocycles. The van der Waals surface area contributed by atoms with Gasteiger partial charge >= 0.3 is 5.97 Å². The fourth-order valence-electron chi connectivity index (χ4n) is 2.78. The molecular weight excluding hydrogens is 268 g/mol. The molecule has 0 spiro atoms. The largest absolute Gasteiger partial charge is 0.464 e. The average Bonchev–Trinajstić information content (AvgIpc) is 2.85. The molecule has 6 heteroatoms. The molecule has 0 bridgehead atoms. The number of anilines is 1. The highest BCUT2D eigenvalue weighted by Crippen LogP contribution is 2.23. The number of ether oxygens (including phenoxy) is 1. The standard InChI is InChI=1S/C15H20N4O2/c1-3-21-14(20)13-10-16-8-9-19(13)15-17-11-6-4-5-7-12(11)18(15)2/h4-7,13,16H,3,8-10H2,1-2H3. The molecule has 0 radical (unpaired) electrons. The first-order chi connectivity index (χ1) is 10.2. The van der Waals surface area contributed by atoms with Gasteiger partial charge in [-0.3, -0.25) is 0 Å². The van der Waals surface area contributed by atoms with E-state index in [0.29, 0.717) is 13.2 Å².